The number of benzene rings is 1. The monoisotopic (exact) mass is 409 g/mol. The fourth-order valence-corrected chi connectivity index (χ4v) is 5.24. The number of ether oxygens (including phenoxy) is 3. The van der Waals surface area contributed by atoms with Crippen molar-refractivity contribution in [1.29, 1.82) is 0 Å². The fourth-order valence-electron chi connectivity index (χ4n) is 4.34. The van der Waals surface area contributed by atoms with Crippen molar-refractivity contribution in [3.05, 3.63) is 57.8 Å². The number of fused-ring (bicyclic) bond motifs is 5. The Balaban J connectivity index is 1.43. The van der Waals surface area contributed by atoms with Crippen molar-refractivity contribution in [2.45, 2.75) is 31.7 Å². The number of amides is 1. The summed E-state index contributed by atoms with van der Waals surface area (Å²) in [7, 11) is 0. The molecule has 3 aliphatic heterocycles. The molecular weight excluding hydrogens is 390 g/mol. The molecule has 0 radical (unpaired) electrons. The van der Waals surface area contributed by atoms with Crippen LogP contribution in [0.5, 0.6) is 17.2 Å². The summed E-state index contributed by atoms with van der Waals surface area (Å²) in [6.45, 7) is 5.18. The molecule has 0 N–H and O–H groups in total. The Bertz CT molecular complexity index is 1150. The Morgan fingerprint density at radius 1 is 1.21 bits per heavy atom. The van der Waals surface area contributed by atoms with E-state index in [0.717, 1.165) is 21.1 Å². The van der Waals surface area contributed by atoms with Crippen molar-refractivity contribution in [1.82, 2.24) is 9.66 Å². The number of carbonyl (C=O) groups is 1. The number of carbonyl (C=O) groups excluding carboxylic acids is 1. The van der Waals surface area contributed by atoms with E-state index in [1.807, 2.05) is 41.3 Å². The number of thiazole rings is 1. The summed E-state index contributed by atoms with van der Waals surface area (Å²) in [4.78, 5) is 19.4. The zero-order valence-electron chi connectivity index (χ0n) is 16.0. The van der Waals surface area contributed by atoms with Crippen LogP contribution in [0.15, 0.2) is 36.7 Å². The van der Waals surface area contributed by atoms with Gasteiger partial charge in [-0.05, 0) is 18.2 Å². The van der Waals surface area contributed by atoms with E-state index in [1.165, 1.54) is 0 Å². The SMILES string of the molecule is CC(C)c1ncc(CN2C(=O)C3(COc4cc5c(cc43)OCO5)c3cccn32)s1. The lowest BCUT2D eigenvalue weighted by Gasteiger charge is -2.21. The standard InChI is InChI=1S/C21H19N3O4S/c1-12(2)19-22-8-13(29-19)9-24-20(25)21(18-4-3-5-23(18)24)10-26-15-7-17-16(6-14(15)21)27-11-28-17/h3-8,12H,9-11H2,1-2H3. The van der Waals surface area contributed by atoms with Crippen molar-refractivity contribution in [2.75, 3.05) is 18.4 Å². The predicted octanol–water partition coefficient (Wildman–Crippen LogP) is 3.15. The Morgan fingerprint density at radius 2 is 2.03 bits per heavy atom. The number of hydrogen-bond donors (Lipinski definition) is 0. The lowest BCUT2D eigenvalue weighted by atomic mass is 9.79. The van der Waals surface area contributed by atoms with Gasteiger partial charge in [-0.3, -0.25) is 9.47 Å². The summed E-state index contributed by atoms with van der Waals surface area (Å²) >= 11 is 1.65. The van der Waals surface area contributed by atoms with Gasteiger partial charge in [-0.15, -0.1) is 11.3 Å². The van der Waals surface area contributed by atoms with Crippen molar-refractivity contribution < 1.29 is 19.0 Å². The molecule has 2 aromatic heterocycles. The number of hydrogen-bond acceptors (Lipinski definition) is 6. The molecular formula is C21H19N3O4S. The molecule has 1 spiro atoms. The first-order chi connectivity index (χ1) is 14.1. The van der Waals surface area contributed by atoms with Gasteiger partial charge < -0.3 is 14.2 Å². The maximum atomic E-state index is 13.8. The van der Waals surface area contributed by atoms with Crippen molar-refractivity contribution in [2.24, 2.45) is 0 Å². The summed E-state index contributed by atoms with van der Waals surface area (Å²) in [5.41, 5.74) is 0.876. The quantitative estimate of drug-likeness (QED) is 0.665. The summed E-state index contributed by atoms with van der Waals surface area (Å²) in [6, 6.07) is 7.68. The number of nitrogens with zero attached hydrogens (tertiary/aromatic N) is 3. The van der Waals surface area contributed by atoms with Crippen LogP contribution in [0.2, 0.25) is 0 Å². The Kier molecular flexibility index (Phi) is 3.36. The van der Waals surface area contributed by atoms with Gasteiger partial charge in [-0.1, -0.05) is 13.8 Å². The van der Waals surface area contributed by atoms with Crippen LogP contribution >= 0.6 is 11.3 Å². The van der Waals surface area contributed by atoms with Gasteiger partial charge in [-0.2, -0.15) is 0 Å². The minimum atomic E-state index is -0.870. The molecule has 8 heteroatoms. The maximum Gasteiger partial charge on any atom is 0.262 e. The average molecular weight is 409 g/mol. The summed E-state index contributed by atoms with van der Waals surface area (Å²) in [5.74, 6) is 2.37. The summed E-state index contributed by atoms with van der Waals surface area (Å²) in [5, 5.41) is 2.87. The van der Waals surface area contributed by atoms with E-state index >= 15 is 0 Å². The van der Waals surface area contributed by atoms with Crippen LogP contribution in [-0.2, 0) is 16.8 Å². The molecule has 1 amide bonds. The highest BCUT2D eigenvalue weighted by atomic mass is 32.1. The molecule has 5 heterocycles. The van der Waals surface area contributed by atoms with Crippen molar-refractivity contribution >= 4 is 17.2 Å². The first kappa shape index (κ1) is 16.9. The third kappa shape index (κ3) is 2.17. The van der Waals surface area contributed by atoms with E-state index in [2.05, 4.69) is 18.8 Å². The minimum Gasteiger partial charge on any atom is -0.491 e. The molecule has 7 nitrogen and oxygen atoms in total. The van der Waals surface area contributed by atoms with Crippen LogP contribution < -0.4 is 19.2 Å². The number of rotatable bonds is 3. The predicted molar refractivity (Wildman–Crippen MR) is 106 cm³/mol. The van der Waals surface area contributed by atoms with E-state index < -0.39 is 5.41 Å². The molecule has 0 saturated carbocycles. The lowest BCUT2D eigenvalue weighted by Crippen LogP contribution is -2.43. The maximum absolute atomic E-state index is 13.8. The van der Waals surface area contributed by atoms with Gasteiger partial charge in [0, 0.05) is 34.8 Å². The normalized spacial score (nSPS) is 21.2. The van der Waals surface area contributed by atoms with E-state index in [4.69, 9.17) is 14.2 Å². The van der Waals surface area contributed by atoms with Gasteiger partial charge >= 0.3 is 0 Å². The van der Waals surface area contributed by atoms with Gasteiger partial charge in [0.05, 0.1) is 17.2 Å². The van der Waals surface area contributed by atoms with Crippen LogP contribution in [0, 0.1) is 0 Å². The van der Waals surface area contributed by atoms with E-state index in [1.54, 1.807) is 16.3 Å². The van der Waals surface area contributed by atoms with E-state index in [-0.39, 0.29) is 19.3 Å². The second-order valence-corrected chi connectivity index (χ2v) is 8.96. The molecule has 1 unspecified atom stereocenters. The third-order valence-corrected chi connectivity index (χ3v) is 7.06. The molecule has 1 atom stereocenters. The second-order valence-electron chi connectivity index (χ2n) is 7.82. The van der Waals surface area contributed by atoms with Gasteiger partial charge in [0.25, 0.3) is 5.91 Å². The molecule has 1 aromatic carbocycles. The summed E-state index contributed by atoms with van der Waals surface area (Å²) < 4.78 is 19.0. The first-order valence-corrected chi connectivity index (χ1v) is 10.4. The molecule has 0 fully saturated rings. The zero-order valence-corrected chi connectivity index (χ0v) is 16.9. The van der Waals surface area contributed by atoms with E-state index in [0.29, 0.717) is 29.7 Å². The van der Waals surface area contributed by atoms with E-state index in [9.17, 15) is 4.79 Å². The van der Waals surface area contributed by atoms with Crippen LogP contribution in [-0.4, -0.2) is 29.0 Å². The van der Waals surface area contributed by atoms with Gasteiger partial charge in [-0.25, -0.2) is 9.99 Å². The highest BCUT2D eigenvalue weighted by molar-refractivity contribution is 7.11. The Labute approximate surface area is 171 Å². The fraction of sp³-hybridized carbons (Fsp3) is 0.333. The minimum absolute atomic E-state index is 0.00483. The molecule has 29 heavy (non-hydrogen) atoms. The highest BCUT2D eigenvalue weighted by Gasteiger charge is 2.58. The molecule has 6 rings (SSSR count). The molecule has 0 aliphatic carbocycles. The smallest absolute Gasteiger partial charge is 0.262 e. The average Bonchev–Trinajstić information content (AvgIpc) is 3.50. The third-order valence-electron chi connectivity index (χ3n) is 5.77. The van der Waals surface area contributed by atoms with Crippen molar-refractivity contribution in [3.63, 3.8) is 0 Å². The Morgan fingerprint density at radius 3 is 2.83 bits per heavy atom. The molecule has 148 valence electrons. The topological polar surface area (TPSA) is 65.8 Å². The Hall–Kier alpha value is -3.00. The van der Waals surface area contributed by atoms with Gasteiger partial charge in [0.15, 0.2) is 16.9 Å². The van der Waals surface area contributed by atoms with Crippen LogP contribution in [0.25, 0.3) is 0 Å². The number of aromatic nitrogens is 2. The molecule has 0 bridgehead atoms. The largest absolute Gasteiger partial charge is 0.491 e. The summed E-state index contributed by atoms with van der Waals surface area (Å²) in [6.07, 6.45) is 3.80. The zero-order chi connectivity index (χ0) is 19.8. The molecule has 0 saturated heterocycles. The van der Waals surface area contributed by atoms with Crippen molar-refractivity contribution in [3.8, 4) is 17.2 Å². The van der Waals surface area contributed by atoms with Gasteiger partial charge in [0.2, 0.25) is 6.79 Å². The van der Waals surface area contributed by atoms with Crippen LogP contribution in [0.1, 0.15) is 40.9 Å². The van der Waals surface area contributed by atoms with Crippen LogP contribution in [0.4, 0.5) is 0 Å². The van der Waals surface area contributed by atoms with Gasteiger partial charge in [0.1, 0.15) is 12.4 Å². The van der Waals surface area contributed by atoms with Crippen LogP contribution in [0.3, 0.4) is 0 Å². The second kappa shape index (κ2) is 5.76. The lowest BCUT2D eigenvalue weighted by molar-refractivity contribution is -0.122. The first-order valence-electron chi connectivity index (χ1n) is 9.59. The molecule has 3 aliphatic rings. The highest BCUT2D eigenvalue weighted by Crippen LogP contribution is 2.52. The molecule has 3 aromatic rings.